The van der Waals surface area contributed by atoms with E-state index in [1.807, 2.05) is 39.2 Å². The quantitative estimate of drug-likeness (QED) is 0.619. The molecule has 0 spiro atoms. The number of nitrogens with zero attached hydrogens (tertiary/aromatic N) is 1. The fraction of sp³-hybridized carbons (Fsp3) is 0.500. The van der Waals surface area contributed by atoms with E-state index < -0.39 is 0 Å². The van der Waals surface area contributed by atoms with Crippen molar-refractivity contribution in [2.24, 2.45) is 5.73 Å². The molecule has 0 atom stereocenters. The first-order chi connectivity index (χ1) is 8.24. The Morgan fingerprint density at radius 3 is 2.50 bits per heavy atom. The molecule has 0 saturated carbocycles. The second kappa shape index (κ2) is 5.40. The van der Waals surface area contributed by atoms with Crippen molar-refractivity contribution in [2.75, 3.05) is 20.7 Å². The van der Waals surface area contributed by atoms with E-state index in [9.17, 15) is 0 Å². The van der Waals surface area contributed by atoms with Crippen LogP contribution >= 0.6 is 0 Å². The molecule has 100 valence electrons. The van der Waals surface area contributed by atoms with E-state index >= 15 is 0 Å². The van der Waals surface area contributed by atoms with Crippen LogP contribution in [0.3, 0.4) is 0 Å². The summed E-state index contributed by atoms with van der Waals surface area (Å²) in [4.78, 5) is 2.11. The third-order valence-electron chi connectivity index (χ3n) is 3.22. The molecular weight excluding hydrogens is 226 g/mol. The predicted molar refractivity (Wildman–Crippen MR) is 75.5 cm³/mol. The minimum absolute atomic E-state index is 0.0383. The maximum Gasteiger partial charge on any atom is 0.130 e. The molecule has 1 rings (SSSR count). The smallest absolute Gasteiger partial charge is 0.130 e. The first kappa shape index (κ1) is 14.5. The Kier molecular flexibility index (Phi) is 4.35. The number of nitrogen functional groups attached to an aromatic ring is 1. The van der Waals surface area contributed by atoms with Gasteiger partial charge >= 0.3 is 0 Å². The Hall–Kier alpha value is -1.55. The number of aryl methyl sites for hydroxylation is 1. The molecule has 1 aromatic carbocycles. The third kappa shape index (κ3) is 3.47. The van der Waals surface area contributed by atoms with E-state index in [-0.39, 0.29) is 11.4 Å². The van der Waals surface area contributed by atoms with E-state index in [0.717, 1.165) is 5.56 Å². The van der Waals surface area contributed by atoms with Gasteiger partial charge in [-0.15, -0.1) is 0 Å². The number of rotatable bonds is 5. The summed E-state index contributed by atoms with van der Waals surface area (Å²) in [5.41, 5.74) is 7.23. The summed E-state index contributed by atoms with van der Waals surface area (Å²) in [6, 6.07) is 5.71. The maximum atomic E-state index is 7.58. The van der Waals surface area contributed by atoms with Crippen molar-refractivity contribution in [3.05, 3.63) is 29.3 Å². The molecule has 1 aromatic rings. The topological polar surface area (TPSA) is 62.3 Å². The minimum atomic E-state index is -0.0705. The highest BCUT2D eigenvalue weighted by Crippen LogP contribution is 2.21. The Morgan fingerprint density at radius 1 is 1.39 bits per heavy atom. The number of nitrogens with one attached hydrogen (secondary N) is 1. The van der Waals surface area contributed by atoms with Crippen molar-refractivity contribution in [2.45, 2.75) is 26.3 Å². The van der Waals surface area contributed by atoms with Gasteiger partial charge in [-0.2, -0.15) is 0 Å². The summed E-state index contributed by atoms with van der Waals surface area (Å²) in [5.74, 6) is 0.708. The molecule has 0 fully saturated rings. The van der Waals surface area contributed by atoms with Crippen LogP contribution < -0.4 is 10.5 Å². The first-order valence-corrected chi connectivity index (χ1v) is 5.99. The predicted octanol–water partition coefficient (Wildman–Crippen LogP) is 2.00. The lowest BCUT2D eigenvalue weighted by Crippen LogP contribution is -2.43. The van der Waals surface area contributed by atoms with Crippen molar-refractivity contribution in [3.63, 3.8) is 0 Å². The van der Waals surface area contributed by atoms with Crippen LogP contribution in [0.15, 0.2) is 18.2 Å². The molecule has 0 aliphatic carbocycles. The van der Waals surface area contributed by atoms with Gasteiger partial charge in [0.15, 0.2) is 0 Å². The number of nitrogens with two attached hydrogens (primary N) is 1. The van der Waals surface area contributed by atoms with Gasteiger partial charge in [-0.05, 0) is 47.0 Å². The van der Waals surface area contributed by atoms with Crippen molar-refractivity contribution in [1.29, 1.82) is 5.41 Å². The Bertz CT molecular complexity index is 439. The Labute approximate surface area is 109 Å². The van der Waals surface area contributed by atoms with Gasteiger partial charge in [0, 0.05) is 5.54 Å². The lowest BCUT2D eigenvalue weighted by Gasteiger charge is -2.32. The molecule has 0 aliphatic rings. The molecule has 18 heavy (non-hydrogen) atoms. The standard InChI is InChI=1S/C14H23N3O/c1-10-6-7-12(11(8-10)13(15)16)18-9-14(2,3)17(4)5/h6-8H,9H2,1-5H3,(H3,15,16). The zero-order chi connectivity index (χ0) is 13.9. The van der Waals surface area contributed by atoms with Gasteiger partial charge in [0.2, 0.25) is 0 Å². The molecular formula is C14H23N3O. The van der Waals surface area contributed by atoms with Crippen LogP contribution in [-0.2, 0) is 0 Å². The zero-order valence-corrected chi connectivity index (χ0v) is 11.9. The number of amidine groups is 1. The van der Waals surface area contributed by atoms with Crippen LogP contribution in [-0.4, -0.2) is 37.0 Å². The molecule has 0 saturated heterocycles. The van der Waals surface area contributed by atoms with Crippen molar-refractivity contribution in [3.8, 4) is 5.75 Å². The molecule has 4 heteroatoms. The van der Waals surface area contributed by atoms with Crippen LogP contribution in [0.4, 0.5) is 0 Å². The van der Waals surface area contributed by atoms with Crippen molar-refractivity contribution < 1.29 is 4.74 Å². The van der Waals surface area contributed by atoms with Crippen LogP contribution in [0.2, 0.25) is 0 Å². The van der Waals surface area contributed by atoms with Crippen LogP contribution in [0.1, 0.15) is 25.0 Å². The minimum Gasteiger partial charge on any atom is -0.491 e. The van der Waals surface area contributed by atoms with E-state index in [1.165, 1.54) is 0 Å². The summed E-state index contributed by atoms with van der Waals surface area (Å²) in [6.45, 7) is 6.73. The summed E-state index contributed by atoms with van der Waals surface area (Å²) < 4.78 is 5.82. The molecule has 0 aliphatic heterocycles. The lowest BCUT2D eigenvalue weighted by molar-refractivity contribution is 0.114. The van der Waals surface area contributed by atoms with E-state index in [0.29, 0.717) is 17.9 Å². The molecule has 0 bridgehead atoms. The van der Waals surface area contributed by atoms with E-state index in [2.05, 4.69) is 18.7 Å². The Balaban J connectivity index is 2.89. The number of likely N-dealkylation sites (N-methyl/N-ethyl adjacent to an activating group) is 1. The summed E-state index contributed by atoms with van der Waals surface area (Å²) in [6.07, 6.45) is 0. The molecule has 0 heterocycles. The first-order valence-electron chi connectivity index (χ1n) is 5.99. The van der Waals surface area contributed by atoms with Crippen LogP contribution in [0.5, 0.6) is 5.75 Å². The highest BCUT2D eigenvalue weighted by Gasteiger charge is 2.22. The molecule has 0 aromatic heterocycles. The van der Waals surface area contributed by atoms with Gasteiger partial charge in [0.25, 0.3) is 0 Å². The molecule has 0 radical (unpaired) electrons. The average molecular weight is 249 g/mol. The lowest BCUT2D eigenvalue weighted by atomic mass is 10.1. The highest BCUT2D eigenvalue weighted by molar-refractivity contribution is 5.97. The largest absolute Gasteiger partial charge is 0.491 e. The third-order valence-corrected chi connectivity index (χ3v) is 3.22. The van der Waals surface area contributed by atoms with E-state index in [4.69, 9.17) is 15.9 Å². The van der Waals surface area contributed by atoms with Crippen molar-refractivity contribution >= 4 is 5.84 Å². The molecule has 3 N–H and O–H groups in total. The number of hydrogen-bond acceptors (Lipinski definition) is 3. The van der Waals surface area contributed by atoms with Gasteiger partial charge in [-0.3, -0.25) is 5.41 Å². The molecule has 0 amide bonds. The second-order valence-electron chi connectivity index (χ2n) is 5.41. The molecule has 4 nitrogen and oxygen atoms in total. The van der Waals surface area contributed by atoms with Crippen LogP contribution in [0, 0.1) is 12.3 Å². The van der Waals surface area contributed by atoms with Gasteiger partial charge in [-0.1, -0.05) is 11.6 Å². The number of hydrogen-bond donors (Lipinski definition) is 2. The summed E-state index contributed by atoms with van der Waals surface area (Å²) in [7, 11) is 4.04. The molecule has 0 unspecified atom stereocenters. The fourth-order valence-electron chi connectivity index (χ4n) is 1.36. The second-order valence-corrected chi connectivity index (χ2v) is 5.41. The SMILES string of the molecule is Cc1ccc(OCC(C)(C)N(C)C)c(C(=N)N)c1. The van der Waals surface area contributed by atoms with Crippen molar-refractivity contribution in [1.82, 2.24) is 4.90 Å². The normalized spacial score (nSPS) is 11.7. The maximum absolute atomic E-state index is 7.58. The number of benzene rings is 1. The summed E-state index contributed by atoms with van der Waals surface area (Å²) >= 11 is 0. The van der Waals surface area contributed by atoms with Gasteiger partial charge in [-0.25, -0.2) is 0 Å². The van der Waals surface area contributed by atoms with Crippen LogP contribution in [0.25, 0.3) is 0 Å². The monoisotopic (exact) mass is 249 g/mol. The van der Waals surface area contributed by atoms with E-state index in [1.54, 1.807) is 0 Å². The fourth-order valence-corrected chi connectivity index (χ4v) is 1.36. The van der Waals surface area contributed by atoms with Gasteiger partial charge in [0.05, 0.1) is 5.56 Å². The number of ether oxygens (including phenoxy) is 1. The van der Waals surface area contributed by atoms with Gasteiger partial charge in [0.1, 0.15) is 18.2 Å². The Morgan fingerprint density at radius 2 is 2.00 bits per heavy atom. The zero-order valence-electron chi connectivity index (χ0n) is 11.9. The summed E-state index contributed by atoms with van der Waals surface area (Å²) in [5, 5.41) is 7.58. The van der Waals surface area contributed by atoms with Gasteiger partial charge < -0.3 is 15.4 Å². The highest BCUT2D eigenvalue weighted by atomic mass is 16.5. The average Bonchev–Trinajstić information content (AvgIpc) is 2.27.